The van der Waals surface area contributed by atoms with E-state index in [2.05, 4.69) is 0 Å². The van der Waals surface area contributed by atoms with Crippen LogP contribution in [0, 0.1) is 5.92 Å². The van der Waals surface area contributed by atoms with Gasteiger partial charge < -0.3 is 9.84 Å². The average Bonchev–Trinajstić information content (AvgIpc) is 2.34. The maximum Gasteiger partial charge on any atom is 0.243 e. The second-order valence-electron chi connectivity index (χ2n) is 4.75. The number of benzene rings is 1. The minimum atomic E-state index is -3.60. The van der Waals surface area contributed by atoms with E-state index in [4.69, 9.17) is 4.74 Å². The fourth-order valence-electron chi connectivity index (χ4n) is 1.70. The van der Waals surface area contributed by atoms with Crippen molar-refractivity contribution < 1.29 is 18.3 Å². The minimum Gasteiger partial charge on any atom is -0.508 e. The molecule has 0 aliphatic heterocycles. The van der Waals surface area contributed by atoms with Gasteiger partial charge in [0.2, 0.25) is 10.0 Å². The molecule has 1 rings (SSSR count). The summed E-state index contributed by atoms with van der Waals surface area (Å²) in [5, 5.41) is 9.41. The summed E-state index contributed by atoms with van der Waals surface area (Å²) in [7, 11) is -2.06. The highest BCUT2D eigenvalue weighted by molar-refractivity contribution is 7.89. The molecule has 108 valence electrons. The van der Waals surface area contributed by atoms with Crippen LogP contribution in [0.25, 0.3) is 0 Å². The lowest BCUT2D eigenvalue weighted by Gasteiger charge is -2.23. The summed E-state index contributed by atoms with van der Waals surface area (Å²) in [5.74, 6) is 0.154. The normalized spacial score (nSPS) is 12.3. The fourth-order valence-corrected chi connectivity index (χ4v) is 3.33. The molecule has 1 aromatic carbocycles. The number of ether oxygens (including phenoxy) is 1. The van der Waals surface area contributed by atoms with Gasteiger partial charge in [-0.05, 0) is 24.1 Å². The van der Waals surface area contributed by atoms with E-state index >= 15 is 0 Å². The molecule has 0 aliphatic carbocycles. The van der Waals surface area contributed by atoms with E-state index in [-0.39, 0.29) is 16.6 Å². The zero-order valence-corrected chi connectivity index (χ0v) is 12.4. The first-order valence-corrected chi connectivity index (χ1v) is 7.60. The molecular formula is C13H21NO4S. The van der Waals surface area contributed by atoms with Gasteiger partial charge in [0.15, 0.2) is 0 Å². The van der Waals surface area contributed by atoms with Crippen molar-refractivity contribution in [2.75, 3.05) is 26.8 Å². The topological polar surface area (TPSA) is 66.8 Å². The Bertz CT molecular complexity index is 499. The van der Waals surface area contributed by atoms with Gasteiger partial charge in [0.1, 0.15) is 5.75 Å². The van der Waals surface area contributed by atoms with Gasteiger partial charge in [0.05, 0.1) is 11.5 Å². The number of rotatable bonds is 7. The summed E-state index contributed by atoms with van der Waals surface area (Å²) in [4.78, 5) is 0.101. The number of nitrogens with zero attached hydrogens (tertiary/aromatic N) is 1. The summed E-state index contributed by atoms with van der Waals surface area (Å²) in [5.41, 5.74) is 0. The van der Waals surface area contributed by atoms with Crippen molar-refractivity contribution in [3.8, 4) is 5.75 Å². The number of phenols is 1. The van der Waals surface area contributed by atoms with E-state index < -0.39 is 10.0 Å². The quantitative estimate of drug-likeness (QED) is 0.828. The van der Waals surface area contributed by atoms with Gasteiger partial charge in [-0.25, -0.2) is 8.42 Å². The average molecular weight is 287 g/mol. The van der Waals surface area contributed by atoms with Crippen LogP contribution >= 0.6 is 0 Å². The number of aromatic hydroxyl groups is 1. The van der Waals surface area contributed by atoms with Crippen molar-refractivity contribution in [2.45, 2.75) is 18.7 Å². The number of hydrogen-bond donors (Lipinski definition) is 1. The lowest BCUT2D eigenvalue weighted by atomic mass is 10.2. The first-order chi connectivity index (χ1) is 8.87. The van der Waals surface area contributed by atoms with Gasteiger partial charge in [0.25, 0.3) is 0 Å². The molecule has 6 heteroatoms. The third-order valence-electron chi connectivity index (χ3n) is 2.57. The highest BCUT2D eigenvalue weighted by atomic mass is 32.2. The van der Waals surface area contributed by atoms with Crippen LogP contribution in [0.1, 0.15) is 13.8 Å². The fraction of sp³-hybridized carbons (Fsp3) is 0.538. The SMILES string of the molecule is COCCN(CC(C)C)S(=O)(=O)c1cccc(O)c1. The van der Waals surface area contributed by atoms with Crippen LogP contribution in [0.4, 0.5) is 0 Å². The van der Waals surface area contributed by atoms with Gasteiger partial charge in [-0.2, -0.15) is 4.31 Å². The predicted molar refractivity (Wildman–Crippen MR) is 73.6 cm³/mol. The summed E-state index contributed by atoms with van der Waals surface area (Å²) in [6, 6.07) is 5.71. The molecule has 5 nitrogen and oxygen atoms in total. The Morgan fingerprint density at radius 3 is 2.58 bits per heavy atom. The Morgan fingerprint density at radius 1 is 1.37 bits per heavy atom. The Balaban J connectivity index is 3.04. The van der Waals surface area contributed by atoms with Crippen LogP contribution in [-0.4, -0.2) is 44.6 Å². The molecule has 1 aromatic rings. The van der Waals surface area contributed by atoms with Gasteiger partial charge >= 0.3 is 0 Å². The first kappa shape index (κ1) is 15.9. The minimum absolute atomic E-state index is 0.0580. The lowest BCUT2D eigenvalue weighted by molar-refractivity contribution is 0.175. The van der Waals surface area contributed by atoms with Crippen LogP contribution in [0.2, 0.25) is 0 Å². The van der Waals surface area contributed by atoms with E-state index in [0.717, 1.165) is 0 Å². The lowest BCUT2D eigenvalue weighted by Crippen LogP contribution is -2.36. The maximum atomic E-state index is 12.5. The maximum absolute atomic E-state index is 12.5. The molecule has 0 heterocycles. The van der Waals surface area contributed by atoms with Crippen molar-refractivity contribution >= 4 is 10.0 Å². The van der Waals surface area contributed by atoms with Crippen LogP contribution in [0.15, 0.2) is 29.2 Å². The Labute approximate surface area is 114 Å². The molecule has 0 aromatic heterocycles. The molecule has 0 amide bonds. The zero-order chi connectivity index (χ0) is 14.5. The summed E-state index contributed by atoms with van der Waals surface area (Å²) >= 11 is 0. The smallest absolute Gasteiger partial charge is 0.243 e. The highest BCUT2D eigenvalue weighted by Gasteiger charge is 2.25. The van der Waals surface area contributed by atoms with Crippen LogP contribution in [0.5, 0.6) is 5.75 Å². The molecule has 19 heavy (non-hydrogen) atoms. The molecular weight excluding hydrogens is 266 g/mol. The third kappa shape index (κ3) is 4.49. The van der Waals surface area contributed by atoms with Gasteiger partial charge in [-0.3, -0.25) is 0 Å². The summed E-state index contributed by atoms with van der Waals surface area (Å²) in [6.07, 6.45) is 0. The Kier molecular flexibility index (Phi) is 5.78. The summed E-state index contributed by atoms with van der Waals surface area (Å²) in [6.45, 7) is 4.97. The van der Waals surface area contributed by atoms with Gasteiger partial charge in [-0.1, -0.05) is 19.9 Å². The van der Waals surface area contributed by atoms with E-state index in [9.17, 15) is 13.5 Å². The Morgan fingerprint density at radius 2 is 2.05 bits per heavy atom. The molecule has 0 radical (unpaired) electrons. The molecule has 0 bridgehead atoms. The van der Waals surface area contributed by atoms with Crippen molar-refractivity contribution in [2.24, 2.45) is 5.92 Å². The van der Waals surface area contributed by atoms with Crippen molar-refractivity contribution in [3.63, 3.8) is 0 Å². The van der Waals surface area contributed by atoms with Crippen molar-refractivity contribution in [1.82, 2.24) is 4.31 Å². The number of hydrogen-bond acceptors (Lipinski definition) is 4. The summed E-state index contributed by atoms with van der Waals surface area (Å²) < 4.78 is 31.3. The highest BCUT2D eigenvalue weighted by Crippen LogP contribution is 2.20. The molecule has 0 saturated heterocycles. The van der Waals surface area contributed by atoms with Gasteiger partial charge in [0, 0.05) is 20.2 Å². The second-order valence-corrected chi connectivity index (χ2v) is 6.68. The molecule has 0 unspecified atom stereocenters. The Hall–Kier alpha value is -1.11. The number of phenolic OH excluding ortho intramolecular Hbond substituents is 1. The van der Waals surface area contributed by atoms with Crippen molar-refractivity contribution in [3.05, 3.63) is 24.3 Å². The molecule has 0 spiro atoms. The zero-order valence-electron chi connectivity index (χ0n) is 11.5. The van der Waals surface area contributed by atoms with E-state index in [1.54, 1.807) is 0 Å². The van der Waals surface area contributed by atoms with Crippen molar-refractivity contribution in [1.29, 1.82) is 0 Å². The molecule has 0 aliphatic rings. The van der Waals surface area contributed by atoms with E-state index in [0.29, 0.717) is 19.7 Å². The van der Waals surface area contributed by atoms with E-state index in [1.807, 2.05) is 13.8 Å². The number of methoxy groups -OCH3 is 1. The largest absolute Gasteiger partial charge is 0.508 e. The molecule has 0 saturated carbocycles. The second kappa shape index (κ2) is 6.88. The molecule has 1 N–H and O–H groups in total. The predicted octanol–water partition coefficient (Wildman–Crippen LogP) is 1.69. The standard InChI is InChI=1S/C13H21NO4S/c1-11(2)10-14(7-8-18-3)19(16,17)13-6-4-5-12(15)9-13/h4-6,9,11,15H,7-8,10H2,1-3H3. The number of sulfonamides is 1. The monoisotopic (exact) mass is 287 g/mol. The molecule has 0 fully saturated rings. The molecule has 0 atom stereocenters. The van der Waals surface area contributed by atoms with E-state index in [1.165, 1.54) is 35.7 Å². The third-order valence-corrected chi connectivity index (χ3v) is 4.43. The van der Waals surface area contributed by atoms with Crippen LogP contribution < -0.4 is 0 Å². The van der Waals surface area contributed by atoms with Crippen LogP contribution in [0.3, 0.4) is 0 Å². The van der Waals surface area contributed by atoms with Gasteiger partial charge in [-0.15, -0.1) is 0 Å². The first-order valence-electron chi connectivity index (χ1n) is 6.16. The van der Waals surface area contributed by atoms with Crippen LogP contribution in [-0.2, 0) is 14.8 Å².